The van der Waals surface area contributed by atoms with Crippen molar-refractivity contribution in [3.8, 4) is 44.5 Å². The van der Waals surface area contributed by atoms with Gasteiger partial charge in [0, 0.05) is 0 Å². The van der Waals surface area contributed by atoms with Crippen LogP contribution in [0.15, 0.2) is 158 Å². The van der Waals surface area contributed by atoms with Crippen LogP contribution in [0.25, 0.3) is 66.1 Å². The summed E-state index contributed by atoms with van der Waals surface area (Å²) in [6.45, 7) is 0. The zero-order chi connectivity index (χ0) is 25.3. The molecule has 0 radical (unpaired) electrons. The van der Waals surface area contributed by atoms with Gasteiger partial charge in [-0.05, 0) is 90.3 Å². The summed E-state index contributed by atoms with van der Waals surface area (Å²) in [5.74, 6) is 0. The van der Waals surface area contributed by atoms with Crippen molar-refractivity contribution < 1.29 is 0 Å². The number of fused-ring (bicyclic) bond motifs is 2. The molecular formula is C38H26. The number of hydrogen-bond donors (Lipinski definition) is 0. The minimum absolute atomic E-state index is 1.22. The Morgan fingerprint density at radius 1 is 0.211 bits per heavy atom. The Morgan fingerprint density at radius 2 is 0.447 bits per heavy atom. The summed E-state index contributed by atoms with van der Waals surface area (Å²) in [6, 6.07) is 57.0. The van der Waals surface area contributed by atoms with Gasteiger partial charge in [-0.25, -0.2) is 0 Å². The van der Waals surface area contributed by atoms with Crippen molar-refractivity contribution in [2.24, 2.45) is 0 Å². The predicted molar refractivity (Wildman–Crippen MR) is 163 cm³/mol. The van der Waals surface area contributed by atoms with Crippen molar-refractivity contribution in [1.82, 2.24) is 0 Å². The van der Waals surface area contributed by atoms with Crippen molar-refractivity contribution in [1.29, 1.82) is 0 Å². The SMILES string of the molecule is c1ccc(-c2cc3ccccc3cc2-c2ccc(-c3cc4ccccc4cc3-c3ccccc3)cc2)cc1. The molecular weight excluding hydrogens is 456 g/mol. The van der Waals surface area contributed by atoms with E-state index in [0.29, 0.717) is 0 Å². The smallest absolute Gasteiger partial charge is 0.00990 e. The zero-order valence-electron chi connectivity index (χ0n) is 21.0. The van der Waals surface area contributed by atoms with Gasteiger partial charge in [0.1, 0.15) is 0 Å². The number of rotatable bonds is 4. The molecule has 0 bridgehead atoms. The second kappa shape index (κ2) is 9.50. The normalized spacial score (nSPS) is 11.2. The Bertz CT molecular complexity index is 1740. The van der Waals surface area contributed by atoms with Gasteiger partial charge in [-0.3, -0.25) is 0 Å². The molecule has 0 heteroatoms. The summed E-state index contributed by atoms with van der Waals surface area (Å²) >= 11 is 0. The molecule has 0 atom stereocenters. The van der Waals surface area contributed by atoms with Gasteiger partial charge in [-0.15, -0.1) is 0 Å². The Labute approximate surface area is 223 Å². The van der Waals surface area contributed by atoms with Crippen LogP contribution in [-0.2, 0) is 0 Å². The van der Waals surface area contributed by atoms with Crippen molar-refractivity contribution >= 4 is 21.5 Å². The highest BCUT2D eigenvalue weighted by Gasteiger charge is 2.13. The zero-order valence-corrected chi connectivity index (χ0v) is 21.0. The largest absolute Gasteiger partial charge is 0.0622 e. The monoisotopic (exact) mass is 482 g/mol. The van der Waals surface area contributed by atoms with Gasteiger partial charge in [-0.2, -0.15) is 0 Å². The van der Waals surface area contributed by atoms with E-state index in [2.05, 4.69) is 158 Å². The van der Waals surface area contributed by atoms with Crippen molar-refractivity contribution in [2.45, 2.75) is 0 Å². The molecule has 7 aromatic carbocycles. The van der Waals surface area contributed by atoms with Gasteiger partial charge in [0.05, 0.1) is 0 Å². The number of hydrogen-bond acceptors (Lipinski definition) is 0. The maximum absolute atomic E-state index is 2.33. The molecule has 0 N–H and O–H groups in total. The Balaban J connectivity index is 1.39. The standard InChI is InChI=1S/C38H26/c1-3-11-27(12-4-1)35-23-31-15-7-9-17-33(31)25-37(35)29-19-21-30(22-20-29)38-26-34-18-10-8-16-32(34)24-36(38)28-13-5-2-6-14-28/h1-26H. The summed E-state index contributed by atoms with van der Waals surface area (Å²) in [5.41, 5.74) is 9.93. The molecule has 0 heterocycles. The lowest BCUT2D eigenvalue weighted by molar-refractivity contribution is 1.58. The molecule has 0 aliphatic carbocycles. The average Bonchev–Trinajstić information content (AvgIpc) is 3.01. The van der Waals surface area contributed by atoms with Crippen LogP contribution >= 0.6 is 0 Å². The lowest BCUT2D eigenvalue weighted by atomic mass is 9.89. The third kappa shape index (κ3) is 4.07. The lowest BCUT2D eigenvalue weighted by Gasteiger charge is -2.15. The maximum atomic E-state index is 2.33. The van der Waals surface area contributed by atoms with Crippen LogP contribution in [0.3, 0.4) is 0 Å². The summed E-state index contributed by atoms with van der Waals surface area (Å²) in [6.07, 6.45) is 0. The van der Waals surface area contributed by atoms with Crippen molar-refractivity contribution in [3.05, 3.63) is 158 Å². The van der Waals surface area contributed by atoms with E-state index >= 15 is 0 Å². The quantitative estimate of drug-likeness (QED) is 0.234. The van der Waals surface area contributed by atoms with Crippen molar-refractivity contribution in [2.75, 3.05) is 0 Å². The van der Waals surface area contributed by atoms with Gasteiger partial charge in [0.15, 0.2) is 0 Å². The fraction of sp³-hybridized carbons (Fsp3) is 0. The summed E-state index contributed by atoms with van der Waals surface area (Å²) in [7, 11) is 0. The molecule has 38 heavy (non-hydrogen) atoms. The highest BCUT2D eigenvalue weighted by Crippen LogP contribution is 2.39. The first kappa shape index (κ1) is 22.3. The molecule has 0 spiro atoms. The van der Waals surface area contributed by atoms with Gasteiger partial charge in [-0.1, -0.05) is 133 Å². The molecule has 0 fully saturated rings. The fourth-order valence-electron chi connectivity index (χ4n) is 5.50. The van der Waals surface area contributed by atoms with Crippen LogP contribution in [0.2, 0.25) is 0 Å². The summed E-state index contributed by atoms with van der Waals surface area (Å²) < 4.78 is 0. The first-order chi connectivity index (χ1) is 18.8. The molecule has 178 valence electrons. The first-order valence-corrected chi connectivity index (χ1v) is 13.1. The van der Waals surface area contributed by atoms with Crippen LogP contribution in [-0.4, -0.2) is 0 Å². The second-order valence-electron chi connectivity index (χ2n) is 9.80. The molecule has 0 unspecified atom stereocenters. The molecule has 0 nitrogen and oxygen atoms in total. The topological polar surface area (TPSA) is 0 Å². The third-order valence-electron chi connectivity index (χ3n) is 7.45. The molecule has 0 saturated heterocycles. The van der Waals surface area contributed by atoms with Crippen LogP contribution in [0, 0.1) is 0 Å². The highest BCUT2D eigenvalue weighted by atomic mass is 14.2. The molecule has 0 saturated carbocycles. The van der Waals surface area contributed by atoms with Gasteiger partial charge in [0.2, 0.25) is 0 Å². The van der Waals surface area contributed by atoms with E-state index in [1.807, 2.05) is 0 Å². The van der Waals surface area contributed by atoms with Crippen LogP contribution in [0.4, 0.5) is 0 Å². The minimum atomic E-state index is 1.22. The summed E-state index contributed by atoms with van der Waals surface area (Å²) in [5, 5.41) is 5.03. The molecule has 0 aromatic heterocycles. The van der Waals surface area contributed by atoms with E-state index in [0.717, 1.165) is 0 Å². The van der Waals surface area contributed by atoms with E-state index in [1.165, 1.54) is 66.1 Å². The average molecular weight is 483 g/mol. The molecule has 0 aliphatic heterocycles. The third-order valence-corrected chi connectivity index (χ3v) is 7.45. The van der Waals surface area contributed by atoms with Crippen LogP contribution in [0.1, 0.15) is 0 Å². The Hall–Kier alpha value is -4.94. The highest BCUT2D eigenvalue weighted by molar-refractivity contribution is 5.98. The predicted octanol–water partition coefficient (Wildman–Crippen LogP) is 10.7. The summed E-state index contributed by atoms with van der Waals surface area (Å²) in [4.78, 5) is 0. The molecule has 7 aromatic rings. The molecule has 7 rings (SSSR count). The van der Waals surface area contributed by atoms with E-state index < -0.39 is 0 Å². The lowest BCUT2D eigenvalue weighted by Crippen LogP contribution is -1.89. The van der Waals surface area contributed by atoms with E-state index in [1.54, 1.807) is 0 Å². The van der Waals surface area contributed by atoms with Gasteiger partial charge < -0.3 is 0 Å². The van der Waals surface area contributed by atoms with E-state index in [-0.39, 0.29) is 0 Å². The fourth-order valence-corrected chi connectivity index (χ4v) is 5.50. The number of benzene rings is 7. The van der Waals surface area contributed by atoms with Crippen LogP contribution in [0.5, 0.6) is 0 Å². The van der Waals surface area contributed by atoms with Crippen molar-refractivity contribution in [3.63, 3.8) is 0 Å². The van der Waals surface area contributed by atoms with Gasteiger partial charge >= 0.3 is 0 Å². The second-order valence-corrected chi connectivity index (χ2v) is 9.80. The van der Waals surface area contributed by atoms with Crippen LogP contribution < -0.4 is 0 Å². The van der Waals surface area contributed by atoms with E-state index in [4.69, 9.17) is 0 Å². The minimum Gasteiger partial charge on any atom is -0.0622 e. The maximum Gasteiger partial charge on any atom is -0.00990 e. The first-order valence-electron chi connectivity index (χ1n) is 13.1. The van der Waals surface area contributed by atoms with Gasteiger partial charge in [0.25, 0.3) is 0 Å². The Morgan fingerprint density at radius 3 is 0.737 bits per heavy atom. The Kier molecular flexibility index (Phi) is 5.57. The molecule has 0 amide bonds. The van der Waals surface area contributed by atoms with E-state index in [9.17, 15) is 0 Å². The molecule has 0 aliphatic rings.